The van der Waals surface area contributed by atoms with Gasteiger partial charge in [-0.1, -0.05) is 6.07 Å². The molecule has 0 spiro atoms. The van der Waals surface area contributed by atoms with Crippen molar-refractivity contribution in [1.29, 1.82) is 0 Å². The molecule has 0 radical (unpaired) electrons. The normalized spacial score (nSPS) is 19.9. The molecular formula is C22H26FN3O3. The SMILES string of the molecule is O=C(NCc1ccc(Oc2cccnc2)c(F)c1)N1CCC(C2CCOCC2)C1. The van der Waals surface area contributed by atoms with Gasteiger partial charge in [0.25, 0.3) is 0 Å². The van der Waals surface area contributed by atoms with Crippen LogP contribution in [-0.2, 0) is 11.3 Å². The maximum atomic E-state index is 14.3. The van der Waals surface area contributed by atoms with Crippen molar-refractivity contribution < 1.29 is 18.7 Å². The first-order chi connectivity index (χ1) is 14.2. The molecule has 2 saturated heterocycles. The van der Waals surface area contributed by atoms with Crippen molar-refractivity contribution in [2.24, 2.45) is 11.8 Å². The molecule has 2 fully saturated rings. The maximum Gasteiger partial charge on any atom is 0.317 e. The molecule has 2 amide bonds. The third kappa shape index (κ3) is 5.03. The zero-order chi connectivity index (χ0) is 20.1. The largest absolute Gasteiger partial charge is 0.453 e. The van der Waals surface area contributed by atoms with Crippen LogP contribution < -0.4 is 10.1 Å². The topological polar surface area (TPSA) is 63.7 Å². The van der Waals surface area contributed by atoms with E-state index in [1.807, 2.05) is 4.90 Å². The van der Waals surface area contributed by atoms with Gasteiger partial charge in [0.15, 0.2) is 11.6 Å². The highest BCUT2D eigenvalue weighted by Gasteiger charge is 2.32. The van der Waals surface area contributed by atoms with E-state index in [2.05, 4.69) is 10.3 Å². The van der Waals surface area contributed by atoms with Crippen LogP contribution in [0.3, 0.4) is 0 Å². The van der Waals surface area contributed by atoms with Crippen molar-refractivity contribution in [2.75, 3.05) is 26.3 Å². The fraction of sp³-hybridized carbons (Fsp3) is 0.455. The molecule has 0 saturated carbocycles. The van der Waals surface area contributed by atoms with Crippen LogP contribution in [-0.4, -0.2) is 42.2 Å². The molecule has 4 rings (SSSR count). The zero-order valence-electron chi connectivity index (χ0n) is 16.4. The molecule has 0 aliphatic carbocycles. The highest BCUT2D eigenvalue weighted by molar-refractivity contribution is 5.74. The van der Waals surface area contributed by atoms with Gasteiger partial charge >= 0.3 is 6.03 Å². The van der Waals surface area contributed by atoms with Crippen LogP contribution in [0.4, 0.5) is 9.18 Å². The summed E-state index contributed by atoms with van der Waals surface area (Å²) in [5.74, 6) is 1.35. The number of hydrogen-bond donors (Lipinski definition) is 1. The lowest BCUT2D eigenvalue weighted by Crippen LogP contribution is -2.38. The summed E-state index contributed by atoms with van der Waals surface area (Å²) in [4.78, 5) is 18.3. The number of halogens is 1. The summed E-state index contributed by atoms with van der Waals surface area (Å²) in [6.45, 7) is 3.52. The maximum absolute atomic E-state index is 14.3. The highest BCUT2D eigenvalue weighted by atomic mass is 19.1. The number of likely N-dealkylation sites (tertiary alicyclic amines) is 1. The molecule has 1 atom stereocenters. The molecule has 2 aliphatic heterocycles. The number of aromatic nitrogens is 1. The Hall–Kier alpha value is -2.67. The molecule has 7 heteroatoms. The quantitative estimate of drug-likeness (QED) is 0.826. The number of ether oxygens (including phenoxy) is 2. The number of carbonyl (C=O) groups is 1. The summed E-state index contributed by atoms with van der Waals surface area (Å²) in [6, 6.07) is 8.06. The van der Waals surface area contributed by atoms with Crippen LogP contribution in [0.5, 0.6) is 11.5 Å². The summed E-state index contributed by atoms with van der Waals surface area (Å²) in [5, 5.41) is 2.91. The zero-order valence-corrected chi connectivity index (χ0v) is 16.4. The molecule has 3 heterocycles. The second-order valence-electron chi connectivity index (χ2n) is 7.66. The lowest BCUT2D eigenvalue weighted by molar-refractivity contribution is 0.0484. The van der Waals surface area contributed by atoms with Crippen molar-refractivity contribution >= 4 is 6.03 Å². The van der Waals surface area contributed by atoms with Crippen LogP contribution in [0, 0.1) is 17.7 Å². The van der Waals surface area contributed by atoms with E-state index in [0.29, 0.717) is 23.1 Å². The first-order valence-electron chi connectivity index (χ1n) is 10.2. The average molecular weight is 399 g/mol. The first kappa shape index (κ1) is 19.6. The van der Waals surface area contributed by atoms with Gasteiger partial charge in [0, 0.05) is 39.0 Å². The first-order valence-corrected chi connectivity index (χ1v) is 10.2. The average Bonchev–Trinajstić information content (AvgIpc) is 3.26. The fourth-order valence-corrected chi connectivity index (χ4v) is 4.10. The molecule has 29 heavy (non-hydrogen) atoms. The Balaban J connectivity index is 1.27. The van der Waals surface area contributed by atoms with Gasteiger partial charge in [0.05, 0.1) is 6.20 Å². The highest BCUT2D eigenvalue weighted by Crippen LogP contribution is 2.31. The van der Waals surface area contributed by atoms with Gasteiger partial charge in [-0.3, -0.25) is 4.98 Å². The Bertz CT molecular complexity index is 827. The molecule has 2 aromatic rings. The van der Waals surface area contributed by atoms with E-state index in [-0.39, 0.29) is 18.3 Å². The van der Waals surface area contributed by atoms with E-state index < -0.39 is 5.82 Å². The van der Waals surface area contributed by atoms with Crippen molar-refractivity contribution in [3.63, 3.8) is 0 Å². The van der Waals surface area contributed by atoms with Crippen LogP contribution in [0.15, 0.2) is 42.7 Å². The third-order valence-corrected chi connectivity index (χ3v) is 5.75. The third-order valence-electron chi connectivity index (χ3n) is 5.75. The van der Waals surface area contributed by atoms with E-state index >= 15 is 0 Å². The van der Waals surface area contributed by atoms with Crippen molar-refractivity contribution in [3.05, 3.63) is 54.1 Å². The smallest absolute Gasteiger partial charge is 0.317 e. The fourth-order valence-electron chi connectivity index (χ4n) is 4.10. The minimum atomic E-state index is -0.471. The molecular weight excluding hydrogens is 373 g/mol. The predicted octanol–water partition coefficient (Wildman–Crippen LogP) is 3.97. The van der Waals surface area contributed by atoms with Crippen molar-refractivity contribution in [1.82, 2.24) is 15.2 Å². The summed E-state index contributed by atoms with van der Waals surface area (Å²) in [5.41, 5.74) is 0.689. The number of benzene rings is 1. The summed E-state index contributed by atoms with van der Waals surface area (Å²) < 4.78 is 25.3. The van der Waals surface area contributed by atoms with Gasteiger partial charge in [-0.05, 0) is 60.9 Å². The van der Waals surface area contributed by atoms with E-state index in [9.17, 15) is 9.18 Å². The van der Waals surface area contributed by atoms with Gasteiger partial charge in [-0.2, -0.15) is 0 Å². The van der Waals surface area contributed by atoms with E-state index in [1.54, 1.807) is 30.5 Å². The Morgan fingerprint density at radius 2 is 2.10 bits per heavy atom. The Kier molecular flexibility index (Phi) is 6.24. The number of rotatable bonds is 5. The molecule has 1 unspecified atom stereocenters. The number of nitrogens with one attached hydrogen (secondary N) is 1. The van der Waals surface area contributed by atoms with Gasteiger partial charge < -0.3 is 19.7 Å². The molecule has 1 aromatic carbocycles. The Morgan fingerprint density at radius 3 is 2.86 bits per heavy atom. The van der Waals surface area contributed by atoms with E-state index in [4.69, 9.17) is 9.47 Å². The number of nitrogens with zero attached hydrogens (tertiary/aromatic N) is 2. The molecule has 2 aliphatic rings. The predicted molar refractivity (Wildman–Crippen MR) is 106 cm³/mol. The number of carbonyl (C=O) groups excluding carboxylic acids is 1. The van der Waals surface area contributed by atoms with Gasteiger partial charge in [-0.25, -0.2) is 9.18 Å². The van der Waals surface area contributed by atoms with Crippen molar-refractivity contribution in [3.8, 4) is 11.5 Å². The van der Waals surface area contributed by atoms with E-state index in [0.717, 1.165) is 45.6 Å². The summed E-state index contributed by atoms with van der Waals surface area (Å²) >= 11 is 0. The molecule has 0 bridgehead atoms. The Morgan fingerprint density at radius 1 is 1.24 bits per heavy atom. The van der Waals surface area contributed by atoms with E-state index in [1.165, 1.54) is 12.3 Å². The number of pyridine rings is 1. The van der Waals surface area contributed by atoms with Gasteiger partial charge in [0.1, 0.15) is 5.75 Å². The lowest BCUT2D eigenvalue weighted by atomic mass is 9.85. The number of hydrogen-bond acceptors (Lipinski definition) is 4. The summed E-state index contributed by atoms with van der Waals surface area (Å²) in [7, 11) is 0. The van der Waals surface area contributed by atoms with Crippen LogP contribution >= 0.6 is 0 Å². The molecule has 1 aromatic heterocycles. The van der Waals surface area contributed by atoms with Gasteiger partial charge in [0.2, 0.25) is 0 Å². The van der Waals surface area contributed by atoms with Gasteiger partial charge in [-0.15, -0.1) is 0 Å². The molecule has 154 valence electrons. The minimum Gasteiger partial charge on any atom is -0.453 e. The Labute approximate surface area is 170 Å². The molecule has 1 N–H and O–H groups in total. The van der Waals surface area contributed by atoms with Crippen LogP contribution in [0.25, 0.3) is 0 Å². The second-order valence-corrected chi connectivity index (χ2v) is 7.66. The minimum absolute atomic E-state index is 0.0874. The standard InChI is InChI=1S/C22H26FN3O3/c23-20-12-16(3-4-21(20)29-19-2-1-8-24-14-19)13-25-22(27)26-9-5-18(15-26)17-6-10-28-11-7-17/h1-4,8,12,14,17-18H,5-7,9-11,13,15H2,(H,25,27). The summed E-state index contributed by atoms with van der Waals surface area (Å²) in [6.07, 6.45) is 6.38. The van der Waals surface area contributed by atoms with Crippen LogP contribution in [0.2, 0.25) is 0 Å². The number of amides is 2. The monoisotopic (exact) mass is 399 g/mol. The second kappa shape index (κ2) is 9.22. The van der Waals surface area contributed by atoms with Crippen molar-refractivity contribution in [2.45, 2.75) is 25.8 Å². The molecule has 6 nitrogen and oxygen atoms in total. The number of urea groups is 1. The lowest BCUT2D eigenvalue weighted by Gasteiger charge is -2.27. The van der Waals surface area contributed by atoms with Crippen LogP contribution in [0.1, 0.15) is 24.8 Å².